The van der Waals surface area contributed by atoms with E-state index in [0.717, 1.165) is 37.6 Å². The molecular formula is C15H21N3O. The van der Waals surface area contributed by atoms with E-state index in [1.807, 2.05) is 37.4 Å². The van der Waals surface area contributed by atoms with E-state index >= 15 is 0 Å². The number of furan rings is 1. The molecule has 0 amide bonds. The lowest BCUT2D eigenvalue weighted by Gasteiger charge is -2.16. The van der Waals surface area contributed by atoms with E-state index in [2.05, 4.69) is 22.2 Å². The van der Waals surface area contributed by atoms with Crippen molar-refractivity contribution in [2.75, 3.05) is 20.1 Å². The van der Waals surface area contributed by atoms with Crippen molar-refractivity contribution in [1.29, 1.82) is 0 Å². The Kier molecular flexibility index (Phi) is 5.12. The second kappa shape index (κ2) is 7.07. The molecule has 0 spiro atoms. The van der Waals surface area contributed by atoms with Gasteiger partial charge < -0.3 is 14.6 Å². The summed E-state index contributed by atoms with van der Waals surface area (Å²) >= 11 is 0. The number of pyridine rings is 1. The summed E-state index contributed by atoms with van der Waals surface area (Å²) in [5.41, 5.74) is 2.34. The minimum absolute atomic E-state index is 0.819. The molecule has 4 heteroatoms. The van der Waals surface area contributed by atoms with Gasteiger partial charge in [-0.1, -0.05) is 6.07 Å². The van der Waals surface area contributed by atoms with E-state index in [-0.39, 0.29) is 0 Å². The molecule has 2 aromatic heterocycles. The van der Waals surface area contributed by atoms with E-state index in [4.69, 9.17) is 4.42 Å². The number of hydrogen-bond donors (Lipinski definition) is 1. The number of rotatable bonds is 7. The van der Waals surface area contributed by atoms with Crippen LogP contribution >= 0.6 is 0 Å². The lowest BCUT2D eigenvalue weighted by atomic mass is 10.2. The van der Waals surface area contributed by atoms with Gasteiger partial charge in [-0.3, -0.25) is 4.98 Å². The van der Waals surface area contributed by atoms with E-state index in [0.29, 0.717) is 0 Å². The van der Waals surface area contributed by atoms with E-state index in [1.165, 1.54) is 5.56 Å². The van der Waals surface area contributed by atoms with Crippen molar-refractivity contribution >= 4 is 0 Å². The van der Waals surface area contributed by atoms with Crippen LogP contribution in [-0.2, 0) is 13.1 Å². The highest BCUT2D eigenvalue weighted by molar-refractivity contribution is 5.14. The Morgan fingerprint density at radius 2 is 2.21 bits per heavy atom. The predicted octanol–water partition coefficient (Wildman–Crippen LogP) is 2.20. The number of nitrogens with one attached hydrogen (secondary N) is 1. The van der Waals surface area contributed by atoms with Crippen molar-refractivity contribution in [1.82, 2.24) is 15.2 Å². The molecule has 0 saturated carbocycles. The van der Waals surface area contributed by atoms with Gasteiger partial charge in [0.15, 0.2) is 0 Å². The lowest BCUT2D eigenvalue weighted by Crippen LogP contribution is -2.28. The van der Waals surface area contributed by atoms with Crippen LogP contribution < -0.4 is 5.32 Å². The number of aryl methyl sites for hydroxylation is 1. The van der Waals surface area contributed by atoms with E-state index in [1.54, 1.807) is 6.26 Å². The summed E-state index contributed by atoms with van der Waals surface area (Å²) in [5.74, 6) is 1.01. The highest BCUT2D eigenvalue weighted by Crippen LogP contribution is 2.10. The fourth-order valence-electron chi connectivity index (χ4n) is 1.93. The first-order valence-electron chi connectivity index (χ1n) is 6.58. The first-order valence-corrected chi connectivity index (χ1v) is 6.58. The molecular weight excluding hydrogens is 238 g/mol. The number of likely N-dealkylation sites (N-methyl/N-ethyl adjacent to an activating group) is 1. The predicted molar refractivity (Wildman–Crippen MR) is 75.7 cm³/mol. The van der Waals surface area contributed by atoms with Crippen LogP contribution in [0.25, 0.3) is 0 Å². The molecule has 102 valence electrons. The molecule has 0 aliphatic carbocycles. The van der Waals surface area contributed by atoms with Gasteiger partial charge in [-0.25, -0.2) is 0 Å². The summed E-state index contributed by atoms with van der Waals surface area (Å²) in [6.07, 6.45) is 3.57. The van der Waals surface area contributed by atoms with Crippen LogP contribution in [0.1, 0.15) is 17.0 Å². The Labute approximate surface area is 114 Å². The fraction of sp³-hybridized carbons (Fsp3) is 0.400. The molecule has 4 nitrogen and oxygen atoms in total. The highest BCUT2D eigenvalue weighted by Gasteiger charge is 2.04. The lowest BCUT2D eigenvalue weighted by molar-refractivity contribution is 0.321. The van der Waals surface area contributed by atoms with Gasteiger partial charge in [0.05, 0.1) is 12.0 Å². The van der Waals surface area contributed by atoms with Crippen molar-refractivity contribution in [2.45, 2.75) is 20.0 Å². The van der Waals surface area contributed by atoms with Gasteiger partial charge in [0.25, 0.3) is 0 Å². The maximum atomic E-state index is 5.30. The van der Waals surface area contributed by atoms with Gasteiger partial charge in [0.2, 0.25) is 0 Å². The van der Waals surface area contributed by atoms with Crippen LogP contribution in [0.4, 0.5) is 0 Å². The Hall–Kier alpha value is -1.65. The third-order valence-electron chi connectivity index (χ3n) is 3.11. The van der Waals surface area contributed by atoms with Gasteiger partial charge in [-0.15, -0.1) is 0 Å². The van der Waals surface area contributed by atoms with Crippen LogP contribution in [0, 0.1) is 6.92 Å². The summed E-state index contributed by atoms with van der Waals surface area (Å²) < 4.78 is 5.30. The van der Waals surface area contributed by atoms with Crippen molar-refractivity contribution in [3.63, 3.8) is 0 Å². The minimum Gasteiger partial charge on any atom is -0.469 e. The summed E-state index contributed by atoms with van der Waals surface area (Å²) in [6.45, 7) is 5.69. The largest absolute Gasteiger partial charge is 0.469 e. The van der Waals surface area contributed by atoms with Gasteiger partial charge in [0, 0.05) is 37.9 Å². The standard InChI is InChI=1S/C15H21N3O/c1-13-14(6-10-19-13)12-18(2)9-8-16-11-15-5-3-4-7-17-15/h3-7,10,16H,8-9,11-12H2,1-2H3. The SMILES string of the molecule is Cc1occc1CN(C)CCNCc1ccccn1. The van der Waals surface area contributed by atoms with Crippen LogP contribution in [0.3, 0.4) is 0 Å². The highest BCUT2D eigenvalue weighted by atomic mass is 16.3. The smallest absolute Gasteiger partial charge is 0.105 e. The maximum Gasteiger partial charge on any atom is 0.105 e. The van der Waals surface area contributed by atoms with Crippen LogP contribution in [0.2, 0.25) is 0 Å². The number of aromatic nitrogens is 1. The Bertz CT molecular complexity index is 481. The Morgan fingerprint density at radius 1 is 1.32 bits per heavy atom. The van der Waals surface area contributed by atoms with Crippen molar-refractivity contribution in [3.05, 3.63) is 53.7 Å². The second-order valence-corrected chi connectivity index (χ2v) is 4.74. The first kappa shape index (κ1) is 13.8. The van der Waals surface area contributed by atoms with Crippen LogP contribution in [0.5, 0.6) is 0 Å². The molecule has 0 atom stereocenters. The molecule has 0 radical (unpaired) electrons. The molecule has 2 heterocycles. The monoisotopic (exact) mass is 259 g/mol. The molecule has 0 saturated heterocycles. The Balaban J connectivity index is 1.64. The molecule has 0 aromatic carbocycles. The normalized spacial score (nSPS) is 11.1. The van der Waals surface area contributed by atoms with E-state index in [9.17, 15) is 0 Å². The number of hydrogen-bond acceptors (Lipinski definition) is 4. The topological polar surface area (TPSA) is 41.3 Å². The molecule has 0 fully saturated rings. The van der Waals surface area contributed by atoms with Crippen molar-refractivity contribution in [2.24, 2.45) is 0 Å². The molecule has 2 rings (SSSR count). The number of nitrogens with zero attached hydrogens (tertiary/aromatic N) is 2. The van der Waals surface area contributed by atoms with Gasteiger partial charge in [-0.2, -0.15) is 0 Å². The maximum absolute atomic E-state index is 5.30. The summed E-state index contributed by atoms with van der Waals surface area (Å²) in [4.78, 5) is 6.56. The molecule has 0 aliphatic heterocycles. The molecule has 0 aliphatic rings. The summed E-state index contributed by atoms with van der Waals surface area (Å²) in [7, 11) is 2.12. The van der Waals surface area contributed by atoms with Gasteiger partial charge >= 0.3 is 0 Å². The zero-order chi connectivity index (χ0) is 13.5. The minimum atomic E-state index is 0.819. The van der Waals surface area contributed by atoms with Crippen molar-refractivity contribution in [3.8, 4) is 0 Å². The van der Waals surface area contributed by atoms with Gasteiger partial charge in [-0.05, 0) is 32.2 Å². The summed E-state index contributed by atoms with van der Waals surface area (Å²) in [6, 6.07) is 8.01. The van der Waals surface area contributed by atoms with Crippen LogP contribution in [0.15, 0.2) is 41.1 Å². The molecule has 0 unspecified atom stereocenters. The quantitative estimate of drug-likeness (QED) is 0.774. The molecule has 19 heavy (non-hydrogen) atoms. The average Bonchev–Trinajstić information content (AvgIpc) is 2.82. The summed E-state index contributed by atoms with van der Waals surface area (Å²) in [5, 5.41) is 3.40. The van der Waals surface area contributed by atoms with Gasteiger partial charge in [0.1, 0.15) is 5.76 Å². The van der Waals surface area contributed by atoms with Crippen LogP contribution in [-0.4, -0.2) is 30.0 Å². The molecule has 2 aromatic rings. The molecule has 1 N–H and O–H groups in total. The zero-order valence-corrected chi connectivity index (χ0v) is 11.6. The third-order valence-corrected chi connectivity index (χ3v) is 3.11. The van der Waals surface area contributed by atoms with Crippen molar-refractivity contribution < 1.29 is 4.42 Å². The molecule has 0 bridgehead atoms. The Morgan fingerprint density at radius 3 is 2.89 bits per heavy atom. The fourth-order valence-corrected chi connectivity index (χ4v) is 1.93. The first-order chi connectivity index (χ1) is 9.25. The zero-order valence-electron chi connectivity index (χ0n) is 11.6. The second-order valence-electron chi connectivity index (χ2n) is 4.74. The third kappa shape index (κ3) is 4.50. The van der Waals surface area contributed by atoms with E-state index < -0.39 is 0 Å². The average molecular weight is 259 g/mol.